The van der Waals surface area contributed by atoms with Crippen LogP contribution in [0.4, 0.5) is 0 Å². The number of amides is 3. The van der Waals surface area contributed by atoms with Gasteiger partial charge < -0.3 is 20.0 Å². The van der Waals surface area contributed by atoms with Crippen molar-refractivity contribution in [2.45, 2.75) is 170 Å². The smallest absolute Gasteiger partial charge is 0.264 e. The molecule has 6 rings (SSSR count). The molecule has 1 unspecified atom stereocenters. The topological polar surface area (TPSA) is 133 Å². The number of rotatable bonds is 20. The molecule has 10 nitrogen and oxygen atoms in total. The minimum Gasteiger partial charge on any atom is -0.374 e. The fraction of sp³-hybridized carbons (Fsp3) is 0.580. The standard InChI is InChI=1S/C50H70N6O4/c1-10-14-17-19-24-51-43(57)23-22-36-31(6)38-27-39-32(7)44(34(9)60-26-21-16-12-3)42(53-39)29-37-30(5)35(13-4)41(52-37)28-40-33(8)45-48(55-40)46(47(36)54-38)50(59)56(49(45)58)25-20-18-15-11-2/h27-29,31,34,36,54-55H,10-26H2,1-9H3,(H,51,57)/t31-,34?,36-/m0/s1. The summed E-state index contributed by atoms with van der Waals surface area (Å²) in [5.41, 5.74) is 12.5. The summed E-state index contributed by atoms with van der Waals surface area (Å²) in [5, 5.41) is 3.14. The van der Waals surface area contributed by atoms with Gasteiger partial charge in [-0.15, -0.1) is 0 Å². The van der Waals surface area contributed by atoms with Crippen molar-refractivity contribution in [3.63, 3.8) is 0 Å². The zero-order valence-corrected chi connectivity index (χ0v) is 38.0. The van der Waals surface area contributed by atoms with Crippen LogP contribution in [0.1, 0.15) is 218 Å². The number of hydrogen-bond donors (Lipinski definition) is 3. The van der Waals surface area contributed by atoms with Gasteiger partial charge in [0.2, 0.25) is 5.91 Å². The molecular weight excluding hydrogens is 749 g/mol. The fourth-order valence-corrected chi connectivity index (χ4v) is 9.43. The molecule has 2 aromatic heterocycles. The molecule has 0 spiro atoms. The lowest BCUT2D eigenvalue weighted by Crippen LogP contribution is -2.41. The van der Waals surface area contributed by atoms with Crippen LogP contribution in [0.3, 0.4) is 0 Å². The van der Waals surface area contributed by atoms with Gasteiger partial charge in [-0.2, -0.15) is 0 Å². The SMILES string of the molecule is CCCCCCNC(=O)CC[C@@H]1c2[nH]c(cc3nc(cc4nc(cc5[nH]c6c2C(=O)N(CCCCCC)C(=O)c6c5C)C(CC)=C4C)C(C(C)OCCCCC)=C3C)[C@H]1C. The third kappa shape index (κ3) is 9.34. The first kappa shape index (κ1) is 45.0. The molecule has 4 aliphatic rings. The Balaban J connectivity index is 1.59. The highest BCUT2D eigenvalue weighted by molar-refractivity contribution is 6.23. The Morgan fingerprint density at radius 2 is 1.47 bits per heavy atom. The first-order chi connectivity index (χ1) is 28.9. The molecule has 0 aliphatic carbocycles. The van der Waals surface area contributed by atoms with Crippen LogP contribution in [0.5, 0.6) is 0 Å². The summed E-state index contributed by atoms with van der Waals surface area (Å²) >= 11 is 0. The van der Waals surface area contributed by atoms with Crippen LogP contribution >= 0.6 is 0 Å². The van der Waals surface area contributed by atoms with Crippen molar-refractivity contribution >= 4 is 51.0 Å². The van der Waals surface area contributed by atoms with Gasteiger partial charge in [0.1, 0.15) is 0 Å². The number of hydrogen-bond acceptors (Lipinski definition) is 6. The summed E-state index contributed by atoms with van der Waals surface area (Å²) in [6, 6.07) is 6.28. The maximum atomic E-state index is 15.0. The van der Waals surface area contributed by atoms with Gasteiger partial charge in [-0.05, 0) is 100 Å². The Hall–Kier alpha value is -4.57. The second-order valence-corrected chi connectivity index (χ2v) is 17.4. The molecule has 0 saturated carbocycles. The van der Waals surface area contributed by atoms with Gasteiger partial charge in [-0.3, -0.25) is 19.3 Å². The van der Waals surface area contributed by atoms with Crippen LogP contribution in [0.25, 0.3) is 33.3 Å². The Morgan fingerprint density at radius 3 is 2.18 bits per heavy atom. The number of imide groups is 1. The van der Waals surface area contributed by atoms with E-state index in [1.807, 2.05) is 13.0 Å². The number of aromatic nitrogens is 4. The second kappa shape index (κ2) is 20.3. The summed E-state index contributed by atoms with van der Waals surface area (Å²) in [5.74, 6) is -0.803. The molecule has 6 heterocycles. The third-order valence-electron chi connectivity index (χ3n) is 13.2. The Morgan fingerprint density at radius 1 is 0.800 bits per heavy atom. The van der Waals surface area contributed by atoms with E-state index in [0.29, 0.717) is 49.2 Å². The van der Waals surface area contributed by atoms with Crippen LogP contribution in [0.2, 0.25) is 0 Å². The fourth-order valence-electron chi connectivity index (χ4n) is 9.43. The van der Waals surface area contributed by atoms with E-state index >= 15 is 0 Å². The Bertz CT molecular complexity index is 2210. The zero-order chi connectivity index (χ0) is 43.1. The molecule has 8 bridgehead atoms. The molecule has 0 saturated heterocycles. The number of unbranched alkanes of at least 4 members (excludes halogenated alkanes) is 8. The number of H-pyrrole nitrogens is 2. The van der Waals surface area contributed by atoms with Crippen molar-refractivity contribution in [3.8, 4) is 0 Å². The lowest BCUT2D eigenvalue weighted by atomic mass is 9.84. The molecule has 4 aliphatic heterocycles. The molecule has 0 fully saturated rings. The number of nitrogens with one attached hydrogen (secondary N) is 3. The van der Waals surface area contributed by atoms with E-state index in [4.69, 9.17) is 14.7 Å². The maximum absolute atomic E-state index is 15.0. The lowest BCUT2D eigenvalue weighted by Gasteiger charge is -2.27. The monoisotopic (exact) mass is 819 g/mol. The van der Waals surface area contributed by atoms with Gasteiger partial charge in [-0.1, -0.05) is 86.0 Å². The lowest BCUT2D eigenvalue weighted by molar-refractivity contribution is -0.121. The average molecular weight is 819 g/mol. The third-order valence-corrected chi connectivity index (χ3v) is 13.2. The number of carbonyl (C=O) groups excluding carboxylic acids is 3. The highest BCUT2D eigenvalue weighted by Crippen LogP contribution is 2.45. The van der Waals surface area contributed by atoms with E-state index in [-0.39, 0.29) is 35.7 Å². The number of fused-ring (bicyclic) bond motifs is 8. The minimum atomic E-state index is -0.297. The molecule has 324 valence electrons. The number of aromatic amines is 2. The maximum Gasteiger partial charge on any atom is 0.264 e. The van der Waals surface area contributed by atoms with Crippen molar-refractivity contribution in [3.05, 3.63) is 69.1 Å². The van der Waals surface area contributed by atoms with Crippen LogP contribution in [0.15, 0.2) is 18.2 Å². The van der Waals surface area contributed by atoms with Gasteiger partial charge in [0.15, 0.2) is 0 Å². The molecule has 60 heavy (non-hydrogen) atoms. The molecular formula is C50H70N6O4. The Labute approximate surface area is 358 Å². The van der Waals surface area contributed by atoms with Crippen LogP contribution < -0.4 is 5.32 Å². The van der Waals surface area contributed by atoms with Gasteiger partial charge >= 0.3 is 0 Å². The first-order valence-electron chi connectivity index (χ1n) is 23.2. The van der Waals surface area contributed by atoms with E-state index in [1.54, 1.807) is 0 Å². The van der Waals surface area contributed by atoms with Crippen molar-refractivity contribution in [1.29, 1.82) is 0 Å². The van der Waals surface area contributed by atoms with E-state index in [0.717, 1.165) is 145 Å². The summed E-state index contributed by atoms with van der Waals surface area (Å²) in [6.07, 6.45) is 12.9. The van der Waals surface area contributed by atoms with Crippen LogP contribution in [-0.2, 0) is 9.53 Å². The number of allylic oxidation sites excluding steroid dienone is 3. The summed E-state index contributed by atoms with van der Waals surface area (Å²) in [6.45, 7) is 20.9. The predicted molar refractivity (Wildman–Crippen MR) is 244 cm³/mol. The molecule has 3 N–H and O–H groups in total. The highest BCUT2D eigenvalue weighted by Gasteiger charge is 2.40. The molecule has 0 aromatic carbocycles. The summed E-state index contributed by atoms with van der Waals surface area (Å²) < 4.78 is 6.48. The number of carbonyl (C=O) groups is 3. The van der Waals surface area contributed by atoms with E-state index in [9.17, 15) is 14.4 Å². The van der Waals surface area contributed by atoms with Gasteiger partial charge in [0, 0.05) is 60.4 Å². The second-order valence-electron chi connectivity index (χ2n) is 17.4. The Kier molecular flexibility index (Phi) is 15.2. The van der Waals surface area contributed by atoms with Crippen molar-refractivity contribution in [2.24, 2.45) is 0 Å². The minimum absolute atomic E-state index is 0.0181. The van der Waals surface area contributed by atoms with Gasteiger partial charge in [0.05, 0.1) is 45.5 Å². The zero-order valence-electron chi connectivity index (χ0n) is 38.0. The predicted octanol–water partition coefficient (Wildman–Crippen LogP) is 11.8. The van der Waals surface area contributed by atoms with Crippen LogP contribution in [-0.4, -0.2) is 68.4 Å². The molecule has 0 radical (unpaired) electrons. The van der Waals surface area contributed by atoms with Crippen LogP contribution in [0, 0.1) is 6.92 Å². The largest absolute Gasteiger partial charge is 0.374 e. The van der Waals surface area contributed by atoms with Crippen molar-refractivity contribution in [1.82, 2.24) is 30.2 Å². The first-order valence-corrected chi connectivity index (χ1v) is 23.2. The van der Waals surface area contributed by atoms with Crippen molar-refractivity contribution < 1.29 is 19.1 Å². The average Bonchev–Trinajstić information content (AvgIpc) is 3.91. The normalized spacial score (nSPS) is 17.5. The van der Waals surface area contributed by atoms with E-state index in [1.165, 1.54) is 4.90 Å². The number of ether oxygens (including phenoxy) is 1. The summed E-state index contributed by atoms with van der Waals surface area (Å²) in [7, 11) is 0. The molecule has 3 amide bonds. The number of nitrogens with zero attached hydrogens (tertiary/aromatic N) is 3. The van der Waals surface area contributed by atoms with Gasteiger partial charge in [0.25, 0.3) is 11.8 Å². The molecule has 2 aromatic rings. The highest BCUT2D eigenvalue weighted by atomic mass is 16.5. The van der Waals surface area contributed by atoms with E-state index < -0.39 is 0 Å². The molecule has 3 atom stereocenters. The van der Waals surface area contributed by atoms with Gasteiger partial charge in [-0.25, -0.2) is 9.97 Å². The van der Waals surface area contributed by atoms with Crippen molar-refractivity contribution in [2.75, 3.05) is 19.7 Å². The summed E-state index contributed by atoms with van der Waals surface area (Å²) in [4.78, 5) is 62.2. The number of aryl methyl sites for hydroxylation is 1. The van der Waals surface area contributed by atoms with E-state index in [2.05, 4.69) is 82.8 Å². The quantitative estimate of drug-likeness (QED) is 0.0900. The molecule has 10 heteroatoms.